The molecule has 29 heavy (non-hydrogen) atoms. The lowest BCUT2D eigenvalue weighted by molar-refractivity contribution is 0.102. The smallest absolute Gasteiger partial charge is 0.332 e. The van der Waals surface area contributed by atoms with Gasteiger partial charge in [0.15, 0.2) is 5.78 Å². The second kappa shape index (κ2) is 8.65. The Kier molecular flexibility index (Phi) is 6.22. The zero-order valence-corrected chi connectivity index (χ0v) is 17.7. The third-order valence-corrected chi connectivity index (χ3v) is 5.94. The van der Waals surface area contributed by atoms with E-state index < -0.39 is 11.2 Å². The van der Waals surface area contributed by atoms with Crippen LogP contribution in [0.1, 0.15) is 29.3 Å². The van der Waals surface area contributed by atoms with Crippen molar-refractivity contribution in [2.24, 2.45) is 14.1 Å². The average molecular weight is 413 g/mol. The molecule has 2 aromatic heterocycles. The number of pyridine rings is 1. The van der Waals surface area contributed by atoms with Crippen LogP contribution < -0.4 is 16.0 Å². The molecule has 3 rings (SSSR count). The van der Waals surface area contributed by atoms with Crippen LogP contribution in [0, 0.1) is 0 Å². The normalized spacial score (nSPS) is 11.0. The Morgan fingerprint density at radius 1 is 1.14 bits per heavy atom. The van der Waals surface area contributed by atoms with Crippen LogP contribution in [0.15, 0.2) is 44.9 Å². The minimum Gasteiger partial charge on any atom is -0.497 e. The van der Waals surface area contributed by atoms with Crippen molar-refractivity contribution in [1.29, 1.82) is 0 Å². The van der Waals surface area contributed by atoms with E-state index >= 15 is 0 Å². The number of Topliss-reactive ketones (excluding diaryl/α,β-unsaturated/α-hetero) is 1. The monoisotopic (exact) mass is 413 g/mol. The molecule has 0 aliphatic rings. The van der Waals surface area contributed by atoms with Gasteiger partial charge in [0.25, 0.3) is 5.56 Å². The number of thioether (sulfide) groups is 1. The highest BCUT2D eigenvalue weighted by Gasteiger charge is 2.18. The number of fused-ring (bicyclic) bond motifs is 1. The molecule has 0 unspecified atom stereocenters. The molecule has 0 aliphatic carbocycles. The van der Waals surface area contributed by atoms with E-state index in [4.69, 9.17) is 4.74 Å². The highest BCUT2D eigenvalue weighted by molar-refractivity contribution is 8.00. The third-order valence-electron chi connectivity index (χ3n) is 4.77. The molecule has 0 N–H and O–H groups in total. The van der Waals surface area contributed by atoms with Crippen LogP contribution in [-0.2, 0) is 20.5 Å². The molecule has 152 valence electrons. The molecule has 0 fully saturated rings. The molecule has 0 saturated carbocycles. The van der Waals surface area contributed by atoms with Crippen LogP contribution in [0.2, 0.25) is 0 Å². The summed E-state index contributed by atoms with van der Waals surface area (Å²) in [5.74, 6) is 0.810. The van der Waals surface area contributed by atoms with Crippen LogP contribution in [0.4, 0.5) is 0 Å². The van der Waals surface area contributed by atoms with Crippen molar-refractivity contribution < 1.29 is 9.53 Å². The van der Waals surface area contributed by atoms with Gasteiger partial charge in [-0.25, -0.2) is 9.78 Å². The number of carbonyl (C=O) groups is 1. The van der Waals surface area contributed by atoms with Gasteiger partial charge in [-0.15, -0.1) is 11.8 Å². The van der Waals surface area contributed by atoms with Gasteiger partial charge in [0.2, 0.25) is 0 Å². The van der Waals surface area contributed by atoms with Gasteiger partial charge in [0.05, 0.1) is 18.2 Å². The maximum Gasteiger partial charge on any atom is 0.332 e. The Labute approximate surface area is 172 Å². The second-order valence-corrected chi connectivity index (χ2v) is 7.69. The molecule has 0 saturated heterocycles. The van der Waals surface area contributed by atoms with Crippen molar-refractivity contribution in [3.63, 3.8) is 0 Å². The van der Waals surface area contributed by atoms with Gasteiger partial charge in [-0.2, -0.15) is 0 Å². The number of methoxy groups -OCH3 is 1. The summed E-state index contributed by atoms with van der Waals surface area (Å²) in [6, 6.07) is 6.94. The van der Waals surface area contributed by atoms with E-state index in [0.717, 1.165) is 27.9 Å². The molecule has 2 heterocycles. The lowest BCUT2D eigenvalue weighted by atomic mass is 10.1. The predicted octanol–water partition coefficient (Wildman–Crippen LogP) is 2.57. The van der Waals surface area contributed by atoms with Crippen molar-refractivity contribution >= 4 is 28.6 Å². The first-order valence-electron chi connectivity index (χ1n) is 9.26. The van der Waals surface area contributed by atoms with Crippen molar-refractivity contribution in [2.45, 2.75) is 24.7 Å². The van der Waals surface area contributed by atoms with E-state index in [0.29, 0.717) is 22.3 Å². The Morgan fingerprint density at radius 3 is 2.45 bits per heavy atom. The van der Waals surface area contributed by atoms with E-state index in [1.165, 1.54) is 23.4 Å². The lowest BCUT2D eigenvalue weighted by Gasteiger charge is -2.14. The van der Waals surface area contributed by atoms with Crippen molar-refractivity contribution in [3.05, 3.63) is 62.4 Å². The Bertz CT molecular complexity index is 1180. The number of nitrogens with zero attached hydrogens (tertiary/aromatic N) is 3. The summed E-state index contributed by atoms with van der Waals surface area (Å²) in [7, 11) is 4.62. The van der Waals surface area contributed by atoms with Gasteiger partial charge in [-0.1, -0.05) is 13.3 Å². The van der Waals surface area contributed by atoms with Gasteiger partial charge < -0.3 is 4.74 Å². The summed E-state index contributed by atoms with van der Waals surface area (Å²) in [4.78, 5) is 42.9. The minimum absolute atomic E-state index is 0.0493. The largest absolute Gasteiger partial charge is 0.497 e. The fourth-order valence-electron chi connectivity index (χ4n) is 3.15. The number of aryl methyl sites for hydroxylation is 2. The molecule has 0 spiro atoms. The molecule has 0 aliphatic heterocycles. The third kappa shape index (κ3) is 3.98. The quantitative estimate of drug-likeness (QED) is 0.437. The zero-order valence-electron chi connectivity index (χ0n) is 16.9. The Morgan fingerprint density at radius 2 is 1.83 bits per heavy atom. The zero-order chi connectivity index (χ0) is 21.1. The lowest BCUT2D eigenvalue weighted by Crippen LogP contribution is -2.37. The molecule has 0 atom stereocenters. The van der Waals surface area contributed by atoms with Crippen molar-refractivity contribution in [3.8, 4) is 5.75 Å². The summed E-state index contributed by atoms with van der Waals surface area (Å²) >= 11 is 1.32. The Balaban J connectivity index is 2.04. The number of hydrogen-bond acceptors (Lipinski definition) is 6. The van der Waals surface area contributed by atoms with E-state index in [2.05, 4.69) is 4.98 Å². The first-order chi connectivity index (χ1) is 13.9. The number of rotatable bonds is 7. The minimum atomic E-state index is -0.427. The van der Waals surface area contributed by atoms with E-state index in [9.17, 15) is 14.4 Å². The van der Waals surface area contributed by atoms with Crippen molar-refractivity contribution in [2.75, 3.05) is 12.9 Å². The molecule has 0 radical (unpaired) electrons. The number of benzene rings is 1. The van der Waals surface area contributed by atoms with Crippen molar-refractivity contribution in [1.82, 2.24) is 14.1 Å². The molecular weight excluding hydrogens is 390 g/mol. The fourth-order valence-corrected chi connectivity index (χ4v) is 4.26. The number of hydrogen-bond donors (Lipinski definition) is 0. The molecule has 1 aromatic carbocycles. The van der Waals surface area contributed by atoms with Crippen LogP contribution in [0.3, 0.4) is 0 Å². The fraction of sp³-hybridized carbons (Fsp3) is 0.333. The average Bonchev–Trinajstić information content (AvgIpc) is 2.74. The predicted molar refractivity (Wildman–Crippen MR) is 114 cm³/mol. The standard InChI is InChI=1S/C21H23N3O4S/c1-5-6-14-11-22-19-17(20(26)24(3)21(27)23(19)2)18(14)29-12-16(25)13-7-9-15(28-4)10-8-13/h7-11H,5-6,12H2,1-4H3. The molecular formula is C21H23N3O4S. The van der Waals surface area contributed by atoms with Crippen LogP contribution >= 0.6 is 11.8 Å². The molecule has 3 aromatic rings. The number of carbonyl (C=O) groups excluding carboxylic acids is 1. The maximum atomic E-state index is 12.9. The number of aromatic nitrogens is 3. The summed E-state index contributed by atoms with van der Waals surface area (Å²) < 4.78 is 7.57. The summed E-state index contributed by atoms with van der Waals surface area (Å²) in [6.07, 6.45) is 3.30. The second-order valence-electron chi connectivity index (χ2n) is 6.71. The summed E-state index contributed by atoms with van der Waals surface area (Å²) in [5.41, 5.74) is 0.992. The molecule has 0 bridgehead atoms. The van der Waals surface area contributed by atoms with E-state index in [1.54, 1.807) is 44.6 Å². The first-order valence-corrected chi connectivity index (χ1v) is 10.2. The molecule has 8 heteroatoms. The number of ketones is 1. The molecule has 0 amide bonds. The molecule has 7 nitrogen and oxygen atoms in total. The van der Waals surface area contributed by atoms with Gasteiger partial charge in [0, 0.05) is 30.8 Å². The number of ether oxygens (including phenoxy) is 1. The maximum absolute atomic E-state index is 12.9. The van der Waals surface area contributed by atoms with Gasteiger partial charge in [0.1, 0.15) is 11.4 Å². The van der Waals surface area contributed by atoms with E-state index in [-0.39, 0.29) is 11.5 Å². The summed E-state index contributed by atoms with van der Waals surface area (Å²) in [6.45, 7) is 2.04. The van der Waals surface area contributed by atoms with Crippen LogP contribution in [0.25, 0.3) is 11.0 Å². The highest BCUT2D eigenvalue weighted by atomic mass is 32.2. The first kappa shape index (κ1) is 20.9. The SMILES string of the molecule is CCCc1cnc2c(c1SCC(=O)c1ccc(OC)cc1)c(=O)n(C)c(=O)n2C. The van der Waals surface area contributed by atoms with Crippen LogP contribution in [-0.4, -0.2) is 32.8 Å². The van der Waals surface area contributed by atoms with Gasteiger partial charge >= 0.3 is 5.69 Å². The van der Waals surface area contributed by atoms with Crippen LogP contribution in [0.5, 0.6) is 5.75 Å². The van der Waals surface area contributed by atoms with Gasteiger partial charge in [-0.05, 0) is 36.2 Å². The summed E-state index contributed by atoms with van der Waals surface area (Å²) in [5, 5.41) is 0.382. The van der Waals surface area contributed by atoms with E-state index in [1.807, 2.05) is 6.92 Å². The Hall–Kier alpha value is -2.87. The highest BCUT2D eigenvalue weighted by Crippen LogP contribution is 2.29. The van der Waals surface area contributed by atoms with Gasteiger partial charge in [-0.3, -0.25) is 18.7 Å². The topological polar surface area (TPSA) is 83.2 Å².